The van der Waals surface area contributed by atoms with E-state index >= 15 is 0 Å². The van der Waals surface area contributed by atoms with Crippen LogP contribution in [0.1, 0.15) is 30.6 Å². The highest BCUT2D eigenvalue weighted by Gasteiger charge is 2.23. The molecule has 20 heavy (non-hydrogen) atoms. The lowest BCUT2D eigenvalue weighted by atomic mass is 10.1. The zero-order valence-corrected chi connectivity index (χ0v) is 11.9. The Morgan fingerprint density at radius 2 is 2.35 bits per heavy atom. The number of nitrogens with one attached hydrogen (secondary N) is 1. The van der Waals surface area contributed by atoms with Crippen LogP contribution in [0.5, 0.6) is 5.75 Å². The lowest BCUT2D eigenvalue weighted by molar-refractivity contribution is -0.124. The van der Waals surface area contributed by atoms with Crippen LogP contribution in [0.4, 0.5) is 0 Å². The van der Waals surface area contributed by atoms with Crippen molar-refractivity contribution in [1.29, 1.82) is 0 Å². The van der Waals surface area contributed by atoms with Crippen molar-refractivity contribution in [2.75, 3.05) is 20.3 Å². The first kappa shape index (κ1) is 14.8. The number of ether oxygens (including phenoxy) is 2. The number of carbonyl (C=O) groups is 1. The number of amides is 1. The van der Waals surface area contributed by atoms with Gasteiger partial charge in [0.15, 0.2) is 6.61 Å². The van der Waals surface area contributed by atoms with Crippen molar-refractivity contribution in [1.82, 2.24) is 5.32 Å². The molecule has 2 unspecified atom stereocenters. The summed E-state index contributed by atoms with van der Waals surface area (Å²) in [7, 11) is 1.59. The van der Waals surface area contributed by atoms with Crippen LogP contribution in [-0.2, 0) is 16.0 Å². The molecule has 110 valence electrons. The molecule has 0 fully saturated rings. The Bertz CT molecular complexity index is 475. The number of benzene rings is 1. The highest BCUT2D eigenvalue weighted by Crippen LogP contribution is 2.36. The van der Waals surface area contributed by atoms with Gasteiger partial charge in [-0.25, -0.2) is 0 Å². The van der Waals surface area contributed by atoms with Gasteiger partial charge in [-0.05, 0) is 31.4 Å². The number of carbonyl (C=O) groups excluding carboxylic acids is 1. The van der Waals surface area contributed by atoms with Crippen LogP contribution in [-0.4, -0.2) is 37.4 Å². The lowest BCUT2D eigenvalue weighted by Crippen LogP contribution is -2.38. The quantitative estimate of drug-likeness (QED) is 0.821. The second kappa shape index (κ2) is 6.72. The van der Waals surface area contributed by atoms with Crippen LogP contribution in [0.3, 0.4) is 0 Å². The minimum atomic E-state index is -0.413. The molecule has 0 bridgehead atoms. The minimum Gasteiger partial charge on any atom is -0.483 e. The fourth-order valence-electron chi connectivity index (χ4n) is 2.49. The van der Waals surface area contributed by atoms with E-state index in [-0.39, 0.29) is 18.6 Å². The minimum absolute atomic E-state index is 0.0272. The summed E-state index contributed by atoms with van der Waals surface area (Å²) < 4.78 is 10.5. The van der Waals surface area contributed by atoms with Crippen LogP contribution in [0.2, 0.25) is 0 Å². The Morgan fingerprint density at radius 1 is 1.55 bits per heavy atom. The molecule has 2 atom stereocenters. The first-order valence-corrected chi connectivity index (χ1v) is 6.82. The summed E-state index contributed by atoms with van der Waals surface area (Å²) in [5.41, 5.74) is 1.92. The Balaban J connectivity index is 1.90. The van der Waals surface area contributed by atoms with Crippen molar-refractivity contribution >= 4 is 5.91 Å². The van der Waals surface area contributed by atoms with E-state index in [1.54, 1.807) is 7.11 Å². The van der Waals surface area contributed by atoms with Crippen LogP contribution in [0, 0.1) is 0 Å². The van der Waals surface area contributed by atoms with Crippen LogP contribution in [0.25, 0.3) is 0 Å². The summed E-state index contributed by atoms with van der Waals surface area (Å²) in [6, 6.07) is 5.54. The first-order valence-electron chi connectivity index (χ1n) is 6.82. The SMILES string of the molecule is COCC(C)NC(=O)COc1cccc2c1CCC2O. The molecule has 1 aromatic rings. The molecule has 0 spiro atoms. The number of rotatable bonds is 6. The van der Waals surface area contributed by atoms with Crippen molar-refractivity contribution in [3.8, 4) is 5.75 Å². The fraction of sp³-hybridized carbons (Fsp3) is 0.533. The number of methoxy groups -OCH3 is 1. The first-order chi connectivity index (χ1) is 9.61. The van der Waals surface area contributed by atoms with E-state index in [1.807, 2.05) is 25.1 Å². The molecule has 2 N–H and O–H groups in total. The summed E-state index contributed by atoms with van der Waals surface area (Å²) in [6.07, 6.45) is 1.09. The molecule has 2 rings (SSSR count). The van der Waals surface area contributed by atoms with Gasteiger partial charge < -0.3 is 19.9 Å². The van der Waals surface area contributed by atoms with E-state index in [9.17, 15) is 9.90 Å². The average Bonchev–Trinajstić information content (AvgIpc) is 2.79. The van der Waals surface area contributed by atoms with E-state index in [1.165, 1.54) is 0 Å². The standard InChI is InChI=1S/C15H21NO4/c1-10(8-19-2)16-15(18)9-20-14-5-3-4-11-12(14)6-7-13(11)17/h3-5,10,13,17H,6-9H2,1-2H3,(H,16,18). The molecule has 1 aromatic carbocycles. The summed E-state index contributed by atoms with van der Waals surface area (Å²) in [6.45, 7) is 2.32. The van der Waals surface area contributed by atoms with Gasteiger partial charge >= 0.3 is 0 Å². The van der Waals surface area contributed by atoms with Crippen molar-refractivity contribution < 1.29 is 19.4 Å². The maximum absolute atomic E-state index is 11.7. The zero-order valence-electron chi connectivity index (χ0n) is 11.9. The van der Waals surface area contributed by atoms with Gasteiger partial charge in [-0.1, -0.05) is 12.1 Å². The van der Waals surface area contributed by atoms with E-state index in [0.717, 1.165) is 17.5 Å². The van der Waals surface area contributed by atoms with Gasteiger partial charge in [0.25, 0.3) is 5.91 Å². The second-order valence-electron chi connectivity index (χ2n) is 5.09. The van der Waals surface area contributed by atoms with Gasteiger partial charge in [0, 0.05) is 18.7 Å². The number of hydrogen-bond donors (Lipinski definition) is 2. The zero-order chi connectivity index (χ0) is 14.5. The van der Waals surface area contributed by atoms with E-state index in [2.05, 4.69) is 5.32 Å². The van der Waals surface area contributed by atoms with Crippen molar-refractivity contribution in [2.45, 2.75) is 31.9 Å². The van der Waals surface area contributed by atoms with E-state index < -0.39 is 6.10 Å². The molecular formula is C15H21NO4. The van der Waals surface area contributed by atoms with Crippen molar-refractivity contribution in [3.63, 3.8) is 0 Å². The smallest absolute Gasteiger partial charge is 0.258 e. The molecule has 1 aliphatic rings. The molecule has 0 saturated carbocycles. The molecule has 0 radical (unpaired) electrons. The molecule has 1 amide bonds. The van der Waals surface area contributed by atoms with Gasteiger partial charge in [0.05, 0.1) is 12.7 Å². The van der Waals surface area contributed by atoms with Crippen molar-refractivity contribution in [3.05, 3.63) is 29.3 Å². The molecule has 5 heteroatoms. The number of hydrogen-bond acceptors (Lipinski definition) is 4. The largest absolute Gasteiger partial charge is 0.483 e. The summed E-state index contributed by atoms with van der Waals surface area (Å²) >= 11 is 0. The maximum Gasteiger partial charge on any atom is 0.258 e. The Hall–Kier alpha value is -1.59. The third kappa shape index (κ3) is 3.49. The lowest BCUT2D eigenvalue weighted by Gasteiger charge is -2.14. The fourth-order valence-corrected chi connectivity index (χ4v) is 2.49. The van der Waals surface area contributed by atoms with Gasteiger partial charge in [-0.15, -0.1) is 0 Å². The summed E-state index contributed by atoms with van der Waals surface area (Å²) in [5.74, 6) is 0.513. The molecule has 0 heterocycles. The van der Waals surface area contributed by atoms with Gasteiger partial charge in [0.2, 0.25) is 0 Å². The number of aliphatic hydroxyl groups is 1. The Morgan fingerprint density at radius 3 is 3.10 bits per heavy atom. The number of aliphatic hydroxyl groups excluding tert-OH is 1. The van der Waals surface area contributed by atoms with Gasteiger partial charge in [-0.3, -0.25) is 4.79 Å². The van der Waals surface area contributed by atoms with Crippen LogP contribution in [0.15, 0.2) is 18.2 Å². The number of fused-ring (bicyclic) bond motifs is 1. The predicted molar refractivity (Wildman–Crippen MR) is 74.7 cm³/mol. The van der Waals surface area contributed by atoms with Gasteiger partial charge in [-0.2, -0.15) is 0 Å². The monoisotopic (exact) mass is 279 g/mol. The highest BCUT2D eigenvalue weighted by molar-refractivity contribution is 5.77. The third-order valence-electron chi connectivity index (χ3n) is 3.38. The molecular weight excluding hydrogens is 258 g/mol. The highest BCUT2D eigenvalue weighted by atomic mass is 16.5. The topological polar surface area (TPSA) is 67.8 Å². The normalized spacial score (nSPS) is 18.4. The second-order valence-corrected chi connectivity index (χ2v) is 5.09. The van der Waals surface area contributed by atoms with E-state index in [0.29, 0.717) is 18.8 Å². The Labute approximate surface area is 118 Å². The maximum atomic E-state index is 11.7. The molecule has 0 saturated heterocycles. The van der Waals surface area contributed by atoms with Crippen molar-refractivity contribution in [2.24, 2.45) is 0 Å². The predicted octanol–water partition coefficient (Wildman–Crippen LogP) is 1.20. The average molecular weight is 279 g/mol. The Kier molecular flexibility index (Phi) is 4.98. The summed E-state index contributed by atoms with van der Waals surface area (Å²) in [5, 5.41) is 12.6. The molecule has 1 aliphatic carbocycles. The molecule has 5 nitrogen and oxygen atoms in total. The summed E-state index contributed by atoms with van der Waals surface area (Å²) in [4.78, 5) is 11.7. The third-order valence-corrected chi connectivity index (χ3v) is 3.38. The molecule has 0 aromatic heterocycles. The van der Waals surface area contributed by atoms with Crippen LogP contribution >= 0.6 is 0 Å². The van der Waals surface area contributed by atoms with E-state index in [4.69, 9.17) is 9.47 Å². The molecule has 0 aliphatic heterocycles. The van der Waals surface area contributed by atoms with Gasteiger partial charge in [0.1, 0.15) is 5.75 Å². The van der Waals surface area contributed by atoms with Crippen LogP contribution < -0.4 is 10.1 Å².